The molecule has 0 fully saturated rings. The predicted molar refractivity (Wildman–Crippen MR) is 113 cm³/mol. The Labute approximate surface area is 168 Å². The van der Waals surface area contributed by atoms with Crippen molar-refractivity contribution in [3.63, 3.8) is 0 Å². The van der Waals surface area contributed by atoms with Gasteiger partial charge in [0.15, 0.2) is 5.13 Å². The van der Waals surface area contributed by atoms with Crippen molar-refractivity contribution < 1.29 is 8.42 Å². The van der Waals surface area contributed by atoms with E-state index in [4.69, 9.17) is 0 Å². The average Bonchev–Trinajstić information content (AvgIpc) is 3.01. The summed E-state index contributed by atoms with van der Waals surface area (Å²) in [6, 6.07) is 9.29. The van der Waals surface area contributed by atoms with E-state index in [0.29, 0.717) is 5.95 Å². The van der Waals surface area contributed by atoms with E-state index in [0.717, 1.165) is 45.4 Å². The fourth-order valence-electron chi connectivity index (χ4n) is 2.51. The van der Waals surface area contributed by atoms with Crippen LogP contribution in [0, 0.1) is 6.92 Å². The van der Waals surface area contributed by atoms with Crippen LogP contribution in [-0.4, -0.2) is 36.2 Å². The molecule has 3 N–H and O–H groups in total. The summed E-state index contributed by atoms with van der Waals surface area (Å²) >= 11 is 1.56. The molecule has 3 rings (SSSR count). The standard InChI is InChI=1S/C18H22N6O2S2/c1-4-19-18-22-12(2)16(27-18)15-8-9-20-17(24-15)23-14-7-5-6-13(10-14)11-21-28(3,25)26/h5-10,21H,4,11H2,1-3H3,(H,19,22)(H,20,23,24). The molecule has 2 heterocycles. The first kappa shape index (κ1) is 20.2. The lowest BCUT2D eigenvalue weighted by Gasteiger charge is -2.08. The quantitative estimate of drug-likeness (QED) is 0.516. The smallest absolute Gasteiger partial charge is 0.227 e. The first-order valence-corrected chi connectivity index (χ1v) is 11.4. The molecule has 1 aromatic carbocycles. The van der Waals surface area contributed by atoms with Gasteiger partial charge in [-0.15, -0.1) is 0 Å². The van der Waals surface area contributed by atoms with Crippen molar-refractivity contribution in [3.05, 3.63) is 47.8 Å². The topological polar surface area (TPSA) is 109 Å². The maximum absolute atomic E-state index is 11.3. The highest BCUT2D eigenvalue weighted by atomic mass is 32.2. The van der Waals surface area contributed by atoms with Gasteiger partial charge in [-0.3, -0.25) is 0 Å². The van der Waals surface area contributed by atoms with Crippen molar-refractivity contribution in [2.45, 2.75) is 20.4 Å². The Morgan fingerprint density at radius 2 is 2.00 bits per heavy atom. The van der Waals surface area contributed by atoms with E-state index < -0.39 is 10.0 Å². The second-order valence-corrected chi connectivity index (χ2v) is 8.98. The number of aromatic nitrogens is 3. The van der Waals surface area contributed by atoms with E-state index in [1.54, 1.807) is 17.5 Å². The molecule has 0 aliphatic heterocycles. The van der Waals surface area contributed by atoms with Crippen LogP contribution in [-0.2, 0) is 16.6 Å². The minimum absolute atomic E-state index is 0.225. The summed E-state index contributed by atoms with van der Waals surface area (Å²) in [4.78, 5) is 14.4. The summed E-state index contributed by atoms with van der Waals surface area (Å²) in [5.41, 5.74) is 3.32. The maximum Gasteiger partial charge on any atom is 0.227 e. The third-order valence-electron chi connectivity index (χ3n) is 3.73. The molecule has 0 unspecified atom stereocenters. The van der Waals surface area contributed by atoms with Crippen LogP contribution in [0.1, 0.15) is 18.2 Å². The van der Waals surface area contributed by atoms with Crippen molar-refractivity contribution in [3.8, 4) is 10.6 Å². The number of thiazole rings is 1. The van der Waals surface area contributed by atoms with E-state index in [1.807, 2.05) is 44.2 Å². The predicted octanol–water partition coefficient (Wildman–Crippen LogP) is 3.13. The Hall–Kier alpha value is -2.56. The molecule has 0 amide bonds. The molecule has 10 heteroatoms. The highest BCUT2D eigenvalue weighted by Gasteiger charge is 2.12. The molecule has 0 bridgehead atoms. The second-order valence-electron chi connectivity index (χ2n) is 6.15. The number of anilines is 3. The molecular weight excluding hydrogens is 396 g/mol. The van der Waals surface area contributed by atoms with E-state index in [1.165, 1.54) is 0 Å². The van der Waals surface area contributed by atoms with Crippen LogP contribution in [0.25, 0.3) is 10.6 Å². The molecule has 0 aliphatic carbocycles. The number of rotatable bonds is 8. The van der Waals surface area contributed by atoms with Gasteiger partial charge in [-0.2, -0.15) is 0 Å². The number of nitrogens with zero attached hydrogens (tertiary/aromatic N) is 3. The first-order chi connectivity index (χ1) is 13.3. The fraction of sp³-hybridized carbons (Fsp3) is 0.278. The normalized spacial score (nSPS) is 11.4. The van der Waals surface area contributed by atoms with Gasteiger partial charge in [-0.25, -0.2) is 28.1 Å². The van der Waals surface area contributed by atoms with Crippen LogP contribution in [0.15, 0.2) is 36.5 Å². The molecule has 8 nitrogen and oxygen atoms in total. The third kappa shape index (κ3) is 5.47. The molecule has 0 aliphatic rings. The monoisotopic (exact) mass is 418 g/mol. The molecule has 0 saturated carbocycles. The summed E-state index contributed by atoms with van der Waals surface area (Å²) < 4.78 is 25.0. The highest BCUT2D eigenvalue weighted by molar-refractivity contribution is 7.88. The van der Waals surface area contributed by atoms with Crippen LogP contribution in [0.3, 0.4) is 0 Å². The van der Waals surface area contributed by atoms with Crippen molar-refractivity contribution >= 4 is 38.1 Å². The molecule has 0 saturated heterocycles. The fourth-order valence-corrected chi connectivity index (χ4v) is 3.94. The molecule has 0 atom stereocenters. The third-order valence-corrected chi connectivity index (χ3v) is 5.54. The van der Waals surface area contributed by atoms with E-state index >= 15 is 0 Å². The van der Waals surface area contributed by atoms with Gasteiger partial charge in [-0.1, -0.05) is 23.5 Å². The van der Waals surface area contributed by atoms with Gasteiger partial charge < -0.3 is 10.6 Å². The maximum atomic E-state index is 11.3. The molecule has 0 radical (unpaired) electrons. The SMILES string of the molecule is CCNc1nc(C)c(-c2ccnc(Nc3cccc(CNS(C)(=O)=O)c3)n2)s1. The number of nitrogens with one attached hydrogen (secondary N) is 3. The van der Waals surface area contributed by atoms with Gasteiger partial charge in [0, 0.05) is 25.0 Å². The summed E-state index contributed by atoms with van der Waals surface area (Å²) in [6.45, 7) is 5.03. The van der Waals surface area contributed by atoms with E-state index in [-0.39, 0.29) is 6.54 Å². The lowest BCUT2D eigenvalue weighted by molar-refractivity contribution is 0.587. The zero-order chi connectivity index (χ0) is 20.1. The largest absolute Gasteiger partial charge is 0.362 e. The number of benzene rings is 1. The van der Waals surface area contributed by atoms with Gasteiger partial charge in [0.25, 0.3) is 0 Å². The number of hydrogen-bond acceptors (Lipinski definition) is 8. The Bertz CT molecular complexity index is 1070. The second kappa shape index (κ2) is 8.63. The van der Waals surface area contributed by atoms with E-state index in [9.17, 15) is 8.42 Å². The molecule has 28 heavy (non-hydrogen) atoms. The first-order valence-electron chi connectivity index (χ1n) is 8.69. The van der Waals surface area contributed by atoms with Crippen LogP contribution in [0.5, 0.6) is 0 Å². The van der Waals surface area contributed by atoms with Crippen LogP contribution in [0.2, 0.25) is 0 Å². The number of aryl methyl sites for hydroxylation is 1. The summed E-state index contributed by atoms with van der Waals surface area (Å²) in [6.07, 6.45) is 2.84. The molecule has 0 spiro atoms. The number of sulfonamides is 1. The Morgan fingerprint density at radius 3 is 2.75 bits per heavy atom. The molecule has 2 aromatic heterocycles. The summed E-state index contributed by atoms with van der Waals surface area (Å²) in [5, 5.41) is 7.26. The molecule has 3 aromatic rings. The van der Waals surface area contributed by atoms with Gasteiger partial charge in [0.1, 0.15) is 0 Å². The zero-order valence-electron chi connectivity index (χ0n) is 15.9. The van der Waals surface area contributed by atoms with Crippen molar-refractivity contribution in [1.29, 1.82) is 0 Å². The lowest BCUT2D eigenvalue weighted by atomic mass is 10.2. The van der Waals surface area contributed by atoms with Gasteiger partial charge in [0.05, 0.1) is 22.5 Å². The van der Waals surface area contributed by atoms with Crippen LogP contribution >= 0.6 is 11.3 Å². The number of hydrogen-bond donors (Lipinski definition) is 3. The van der Waals surface area contributed by atoms with Crippen molar-refractivity contribution in [2.75, 3.05) is 23.4 Å². The van der Waals surface area contributed by atoms with Crippen molar-refractivity contribution in [2.24, 2.45) is 0 Å². The van der Waals surface area contributed by atoms with E-state index in [2.05, 4.69) is 30.3 Å². The van der Waals surface area contributed by atoms with Crippen LogP contribution in [0.4, 0.5) is 16.8 Å². The Kier molecular flexibility index (Phi) is 6.22. The average molecular weight is 419 g/mol. The highest BCUT2D eigenvalue weighted by Crippen LogP contribution is 2.31. The van der Waals surface area contributed by atoms with Gasteiger partial charge >= 0.3 is 0 Å². The van der Waals surface area contributed by atoms with Gasteiger partial charge in [0.2, 0.25) is 16.0 Å². The van der Waals surface area contributed by atoms with Crippen LogP contribution < -0.4 is 15.4 Å². The zero-order valence-corrected chi connectivity index (χ0v) is 17.5. The van der Waals surface area contributed by atoms with Crippen molar-refractivity contribution in [1.82, 2.24) is 19.7 Å². The lowest BCUT2D eigenvalue weighted by Crippen LogP contribution is -2.21. The molecular formula is C18H22N6O2S2. The Balaban J connectivity index is 1.78. The minimum atomic E-state index is -3.24. The summed E-state index contributed by atoms with van der Waals surface area (Å²) in [5.74, 6) is 0.462. The minimum Gasteiger partial charge on any atom is -0.362 e. The van der Waals surface area contributed by atoms with Gasteiger partial charge in [-0.05, 0) is 37.6 Å². The Morgan fingerprint density at radius 1 is 1.18 bits per heavy atom. The summed E-state index contributed by atoms with van der Waals surface area (Å²) in [7, 11) is -3.24. The molecule has 148 valence electrons.